The van der Waals surface area contributed by atoms with Crippen LogP contribution >= 0.6 is 0 Å². The van der Waals surface area contributed by atoms with Crippen LogP contribution in [-0.2, 0) is 13.1 Å². The van der Waals surface area contributed by atoms with Crippen LogP contribution in [0.15, 0.2) is 48.9 Å². The molecule has 6 heteroatoms. The minimum absolute atomic E-state index is 0.461. The molecule has 0 saturated carbocycles. The summed E-state index contributed by atoms with van der Waals surface area (Å²) in [4.78, 5) is 11.0. The highest BCUT2D eigenvalue weighted by atomic mass is 19.1. The van der Waals surface area contributed by atoms with Crippen molar-refractivity contribution in [3.05, 3.63) is 71.8 Å². The fourth-order valence-electron chi connectivity index (χ4n) is 3.89. The highest BCUT2D eigenvalue weighted by molar-refractivity contribution is 5.54. The molecule has 0 radical (unpaired) electrons. The fourth-order valence-corrected chi connectivity index (χ4v) is 3.89. The first kappa shape index (κ1) is 18.7. The van der Waals surface area contributed by atoms with Gasteiger partial charge in [0.2, 0.25) is 0 Å². The van der Waals surface area contributed by atoms with E-state index in [1.54, 1.807) is 12.3 Å². The Balaban J connectivity index is 1.38. The van der Waals surface area contributed by atoms with Crippen molar-refractivity contribution in [1.29, 1.82) is 0 Å². The smallest absolute Gasteiger partial charge is 0.141 e. The lowest BCUT2D eigenvalue weighted by Crippen LogP contribution is -2.35. The average molecular weight is 382 g/mol. The molecule has 0 aliphatic carbocycles. The maximum atomic E-state index is 13.9. The minimum atomic E-state index is -0.528. The number of aryl methyl sites for hydroxylation is 1. The number of nitrogens with zero attached hydrogens (tertiary/aromatic N) is 4. The van der Waals surface area contributed by atoms with Crippen LogP contribution in [0.4, 0.5) is 8.78 Å². The molecule has 0 unspecified atom stereocenters. The van der Waals surface area contributed by atoms with E-state index in [9.17, 15) is 8.78 Å². The van der Waals surface area contributed by atoms with E-state index >= 15 is 0 Å². The first-order valence-electron chi connectivity index (χ1n) is 9.69. The molecule has 28 heavy (non-hydrogen) atoms. The molecule has 3 aromatic rings. The van der Waals surface area contributed by atoms with Crippen molar-refractivity contribution in [2.75, 3.05) is 13.1 Å². The summed E-state index contributed by atoms with van der Waals surface area (Å²) in [5.41, 5.74) is 2.73. The van der Waals surface area contributed by atoms with Gasteiger partial charge in [0, 0.05) is 54.6 Å². The maximum Gasteiger partial charge on any atom is 0.141 e. The highest BCUT2D eigenvalue weighted by Crippen LogP contribution is 2.25. The van der Waals surface area contributed by atoms with Crippen molar-refractivity contribution >= 4 is 0 Å². The van der Waals surface area contributed by atoms with Gasteiger partial charge in [-0.1, -0.05) is 6.07 Å². The van der Waals surface area contributed by atoms with Gasteiger partial charge in [-0.25, -0.2) is 13.8 Å². The number of imidazole rings is 1. The molecule has 3 heterocycles. The summed E-state index contributed by atoms with van der Waals surface area (Å²) < 4.78 is 29.3. The normalized spacial score (nSPS) is 15.8. The van der Waals surface area contributed by atoms with Crippen LogP contribution in [0.5, 0.6) is 0 Å². The number of piperidine rings is 1. The van der Waals surface area contributed by atoms with Crippen molar-refractivity contribution in [3.8, 4) is 11.4 Å². The molecule has 0 bridgehead atoms. The third kappa shape index (κ3) is 4.12. The van der Waals surface area contributed by atoms with Crippen LogP contribution in [0.1, 0.15) is 24.1 Å². The molecule has 1 aliphatic rings. The summed E-state index contributed by atoms with van der Waals surface area (Å²) in [6.07, 6.45) is 7.62. The number of hydrogen-bond donors (Lipinski definition) is 0. The van der Waals surface area contributed by atoms with E-state index in [4.69, 9.17) is 0 Å². The number of hydrogen-bond acceptors (Lipinski definition) is 3. The molecule has 0 amide bonds. The van der Waals surface area contributed by atoms with E-state index in [-0.39, 0.29) is 0 Å². The Bertz CT molecular complexity index is 931. The van der Waals surface area contributed by atoms with Gasteiger partial charge < -0.3 is 4.57 Å². The van der Waals surface area contributed by atoms with Crippen LogP contribution in [0.3, 0.4) is 0 Å². The molecule has 0 atom stereocenters. The molecule has 4 nitrogen and oxygen atoms in total. The molecule has 146 valence electrons. The zero-order valence-electron chi connectivity index (χ0n) is 16.0. The molecule has 0 spiro atoms. The van der Waals surface area contributed by atoms with Gasteiger partial charge in [-0.05, 0) is 57.0 Å². The molecular formula is C22H24F2N4. The number of benzene rings is 1. The second-order valence-corrected chi connectivity index (χ2v) is 7.53. The minimum Gasteiger partial charge on any atom is -0.328 e. The summed E-state index contributed by atoms with van der Waals surface area (Å²) in [7, 11) is 0. The Morgan fingerprint density at radius 2 is 1.93 bits per heavy atom. The van der Waals surface area contributed by atoms with E-state index in [0.29, 0.717) is 18.0 Å². The van der Waals surface area contributed by atoms with Crippen LogP contribution in [-0.4, -0.2) is 32.5 Å². The molecule has 1 fully saturated rings. The van der Waals surface area contributed by atoms with Gasteiger partial charge in [0.1, 0.15) is 17.5 Å². The lowest BCUT2D eigenvalue weighted by molar-refractivity contribution is 0.165. The van der Waals surface area contributed by atoms with Gasteiger partial charge >= 0.3 is 0 Å². The summed E-state index contributed by atoms with van der Waals surface area (Å²) in [6, 6.07) is 7.80. The number of rotatable bonds is 5. The zero-order valence-corrected chi connectivity index (χ0v) is 16.0. The average Bonchev–Trinajstić information content (AvgIpc) is 3.06. The fraction of sp³-hybridized carbons (Fsp3) is 0.364. The summed E-state index contributed by atoms with van der Waals surface area (Å²) in [5.74, 6) is 0.524. The molecular weight excluding hydrogens is 358 g/mol. The van der Waals surface area contributed by atoms with Gasteiger partial charge in [-0.2, -0.15) is 0 Å². The van der Waals surface area contributed by atoms with Crippen molar-refractivity contribution in [2.45, 2.75) is 32.9 Å². The maximum absolute atomic E-state index is 13.9. The number of aromatic nitrogens is 3. The predicted molar refractivity (Wildman–Crippen MR) is 105 cm³/mol. The Labute approximate surface area is 163 Å². The predicted octanol–water partition coefficient (Wildman–Crippen LogP) is 4.44. The van der Waals surface area contributed by atoms with Crippen molar-refractivity contribution in [3.63, 3.8) is 0 Å². The van der Waals surface area contributed by atoms with E-state index in [1.807, 2.05) is 24.5 Å². The van der Waals surface area contributed by atoms with Crippen LogP contribution < -0.4 is 0 Å². The van der Waals surface area contributed by atoms with Crippen LogP contribution in [0.2, 0.25) is 0 Å². The number of likely N-dealkylation sites (tertiary alicyclic amines) is 1. The van der Waals surface area contributed by atoms with E-state index in [2.05, 4.69) is 26.4 Å². The second-order valence-electron chi connectivity index (χ2n) is 7.53. The van der Waals surface area contributed by atoms with Crippen molar-refractivity contribution in [1.82, 2.24) is 19.4 Å². The highest BCUT2D eigenvalue weighted by Gasteiger charge is 2.22. The lowest BCUT2D eigenvalue weighted by atomic mass is 9.96. The monoisotopic (exact) mass is 382 g/mol. The topological polar surface area (TPSA) is 34.0 Å². The SMILES string of the molecule is Cc1cnc(-c2cccnc2)n1CC1CCN(Cc2ccc(F)cc2F)CC1. The Morgan fingerprint density at radius 1 is 1.11 bits per heavy atom. The zero-order chi connectivity index (χ0) is 19.5. The molecule has 0 N–H and O–H groups in total. The third-order valence-corrected chi connectivity index (χ3v) is 5.53. The lowest BCUT2D eigenvalue weighted by Gasteiger charge is -2.32. The van der Waals surface area contributed by atoms with Crippen LogP contribution in [0.25, 0.3) is 11.4 Å². The third-order valence-electron chi connectivity index (χ3n) is 5.53. The van der Waals surface area contributed by atoms with E-state index in [0.717, 1.165) is 55.6 Å². The van der Waals surface area contributed by atoms with Gasteiger partial charge in [0.05, 0.1) is 0 Å². The Kier molecular flexibility index (Phi) is 5.48. The summed E-state index contributed by atoms with van der Waals surface area (Å²) in [5, 5.41) is 0. The molecule has 1 aromatic carbocycles. The van der Waals surface area contributed by atoms with Gasteiger partial charge in [0.15, 0.2) is 0 Å². The number of pyridine rings is 1. The van der Waals surface area contributed by atoms with E-state index < -0.39 is 11.6 Å². The Morgan fingerprint density at radius 3 is 2.64 bits per heavy atom. The standard InChI is InChI=1S/C22H24F2N4/c1-16-12-26-22(18-3-2-8-25-13-18)28(16)14-17-6-9-27(10-7-17)15-19-4-5-20(23)11-21(19)24/h2-5,8,11-13,17H,6-7,9-10,14-15H2,1H3. The van der Waals surface area contributed by atoms with Crippen molar-refractivity contribution < 1.29 is 8.78 Å². The Hall–Kier alpha value is -2.60. The van der Waals surface area contributed by atoms with Gasteiger partial charge in [0.25, 0.3) is 0 Å². The van der Waals surface area contributed by atoms with Gasteiger partial charge in [-0.15, -0.1) is 0 Å². The van der Waals surface area contributed by atoms with E-state index in [1.165, 1.54) is 6.07 Å². The van der Waals surface area contributed by atoms with Gasteiger partial charge in [-0.3, -0.25) is 9.88 Å². The summed E-state index contributed by atoms with van der Waals surface area (Å²) >= 11 is 0. The summed E-state index contributed by atoms with van der Waals surface area (Å²) in [6.45, 7) is 5.37. The molecule has 4 rings (SSSR count). The first-order valence-corrected chi connectivity index (χ1v) is 9.69. The van der Waals surface area contributed by atoms with Crippen molar-refractivity contribution in [2.24, 2.45) is 5.92 Å². The second kappa shape index (κ2) is 8.19. The van der Waals surface area contributed by atoms with Crippen LogP contribution in [0, 0.1) is 24.5 Å². The quantitative estimate of drug-likeness (QED) is 0.654. The molecule has 1 aliphatic heterocycles. The molecule has 2 aromatic heterocycles. The largest absolute Gasteiger partial charge is 0.328 e. The first-order chi connectivity index (χ1) is 13.6. The number of halogens is 2. The molecule has 1 saturated heterocycles.